The van der Waals surface area contributed by atoms with Crippen LogP contribution in [0.4, 0.5) is 4.79 Å². The van der Waals surface area contributed by atoms with E-state index in [0.29, 0.717) is 18.9 Å². The molecule has 0 aromatic carbocycles. The standard InChI is InChI=1S/C14H28N2O4/c1-9(2)6-12(7-17)16-13(18)11(5)15-14(19)20-8-10(3)4/h9-12,17H,6-8H2,1-5H3,(H,15,19)(H,16,18). The van der Waals surface area contributed by atoms with Crippen molar-refractivity contribution in [3.8, 4) is 0 Å². The van der Waals surface area contributed by atoms with Crippen molar-refractivity contribution in [3.05, 3.63) is 0 Å². The number of hydrogen-bond donors (Lipinski definition) is 3. The molecule has 20 heavy (non-hydrogen) atoms. The summed E-state index contributed by atoms with van der Waals surface area (Å²) in [5.41, 5.74) is 0. The normalized spacial score (nSPS) is 14.0. The number of rotatable bonds is 8. The number of hydrogen-bond acceptors (Lipinski definition) is 4. The molecule has 0 aliphatic rings. The first-order chi connectivity index (χ1) is 9.26. The van der Waals surface area contributed by atoms with Crippen LogP contribution < -0.4 is 10.6 Å². The Hall–Kier alpha value is -1.30. The predicted molar refractivity (Wildman–Crippen MR) is 77.3 cm³/mol. The van der Waals surface area contributed by atoms with Gasteiger partial charge in [0, 0.05) is 0 Å². The lowest BCUT2D eigenvalue weighted by atomic mass is 10.0. The predicted octanol–water partition coefficient (Wildman–Crippen LogP) is 1.28. The number of nitrogens with one attached hydrogen (secondary N) is 2. The van der Waals surface area contributed by atoms with Gasteiger partial charge in [-0.05, 0) is 25.2 Å². The monoisotopic (exact) mass is 288 g/mol. The van der Waals surface area contributed by atoms with E-state index in [9.17, 15) is 14.7 Å². The summed E-state index contributed by atoms with van der Waals surface area (Å²) in [6.45, 7) is 9.67. The van der Waals surface area contributed by atoms with E-state index in [1.165, 1.54) is 0 Å². The molecule has 0 aromatic heterocycles. The van der Waals surface area contributed by atoms with Gasteiger partial charge in [0.05, 0.1) is 19.3 Å². The molecule has 0 saturated heterocycles. The highest BCUT2D eigenvalue weighted by atomic mass is 16.5. The molecule has 0 heterocycles. The number of alkyl carbamates (subject to hydrolysis) is 1. The molecule has 0 aliphatic heterocycles. The summed E-state index contributed by atoms with van der Waals surface area (Å²) in [4.78, 5) is 23.3. The Morgan fingerprint density at radius 3 is 2.10 bits per heavy atom. The minimum Gasteiger partial charge on any atom is -0.449 e. The van der Waals surface area contributed by atoms with E-state index in [0.717, 1.165) is 0 Å². The van der Waals surface area contributed by atoms with E-state index in [4.69, 9.17) is 4.74 Å². The molecule has 0 bridgehead atoms. The largest absolute Gasteiger partial charge is 0.449 e. The fraction of sp³-hybridized carbons (Fsp3) is 0.857. The van der Waals surface area contributed by atoms with Crippen molar-refractivity contribution in [2.75, 3.05) is 13.2 Å². The molecule has 2 amide bonds. The third-order valence-corrected chi connectivity index (χ3v) is 2.60. The van der Waals surface area contributed by atoms with Crippen LogP contribution in [0.3, 0.4) is 0 Å². The number of ether oxygens (including phenoxy) is 1. The highest BCUT2D eigenvalue weighted by molar-refractivity contribution is 5.85. The summed E-state index contributed by atoms with van der Waals surface area (Å²) in [5.74, 6) is 0.285. The van der Waals surface area contributed by atoms with Crippen molar-refractivity contribution in [1.29, 1.82) is 0 Å². The number of aliphatic hydroxyl groups is 1. The maximum absolute atomic E-state index is 11.9. The van der Waals surface area contributed by atoms with E-state index in [2.05, 4.69) is 10.6 Å². The molecular weight excluding hydrogens is 260 g/mol. The van der Waals surface area contributed by atoms with Crippen LogP contribution in [-0.2, 0) is 9.53 Å². The quantitative estimate of drug-likeness (QED) is 0.628. The number of carbonyl (C=O) groups excluding carboxylic acids is 2. The Labute approximate surface area is 121 Å². The van der Waals surface area contributed by atoms with Crippen LogP contribution in [0, 0.1) is 11.8 Å². The summed E-state index contributed by atoms with van der Waals surface area (Å²) < 4.78 is 4.94. The molecule has 0 aliphatic carbocycles. The average Bonchev–Trinajstić information content (AvgIpc) is 2.34. The van der Waals surface area contributed by atoms with E-state index < -0.39 is 12.1 Å². The van der Waals surface area contributed by atoms with Crippen LogP contribution in [0.2, 0.25) is 0 Å². The molecule has 0 fully saturated rings. The maximum Gasteiger partial charge on any atom is 0.407 e. The smallest absolute Gasteiger partial charge is 0.407 e. The Morgan fingerprint density at radius 2 is 1.65 bits per heavy atom. The molecule has 0 aromatic rings. The molecule has 6 nitrogen and oxygen atoms in total. The van der Waals surface area contributed by atoms with Gasteiger partial charge in [0.1, 0.15) is 6.04 Å². The molecule has 3 N–H and O–H groups in total. The molecule has 0 spiro atoms. The fourth-order valence-electron chi connectivity index (χ4n) is 1.60. The van der Waals surface area contributed by atoms with Crippen molar-refractivity contribution < 1.29 is 19.4 Å². The number of carbonyl (C=O) groups is 2. The van der Waals surface area contributed by atoms with Gasteiger partial charge in [0.2, 0.25) is 5.91 Å². The van der Waals surface area contributed by atoms with Crippen LogP contribution in [0.1, 0.15) is 41.0 Å². The zero-order valence-corrected chi connectivity index (χ0v) is 13.1. The Bertz CT molecular complexity index is 306. The summed E-state index contributed by atoms with van der Waals surface area (Å²) in [7, 11) is 0. The lowest BCUT2D eigenvalue weighted by Gasteiger charge is -2.21. The molecule has 6 heteroatoms. The van der Waals surface area contributed by atoms with Crippen LogP contribution in [0.5, 0.6) is 0 Å². The van der Waals surface area contributed by atoms with E-state index in [1.54, 1.807) is 6.92 Å². The van der Waals surface area contributed by atoms with E-state index >= 15 is 0 Å². The zero-order chi connectivity index (χ0) is 15.7. The van der Waals surface area contributed by atoms with Gasteiger partial charge in [-0.25, -0.2) is 4.79 Å². The highest BCUT2D eigenvalue weighted by Crippen LogP contribution is 2.04. The van der Waals surface area contributed by atoms with Crippen LogP contribution in [0.15, 0.2) is 0 Å². The summed E-state index contributed by atoms with van der Waals surface area (Å²) in [6.07, 6.45) is 0.0815. The first-order valence-corrected chi connectivity index (χ1v) is 7.10. The van der Waals surface area contributed by atoms with Gasteiger partial charge in [0.15, 0.2) is 0 Å². The Balaban J connectivity index is 4.16. The third-order valence-electron chi connectivity index (χ3n) is 2.60. The SMILES string of the molecule is CC(C)COC(=O)NC(C)C(=O)NC(CO)CC(C)C. The maximum atomic E-state index is 11.9. The summed E-state index contributed by atoms with van der Waals surface area (Å²) in [6, 6.07) is -0.991. The van der Waals surface area contributed by atoms with Gasteiger partial charge in [0.25, 0.3) is 0 Å². The lowest BCUT2D eigenvalue weighted by molar-refractivity contribution is -0.123. The van der Waals surface area contributed by atoms with Crippen molar-refractivity contribution in [3.63, 3.8) is 0 Å². The molecule has 0 rings (SSSR count). The first kappa shape index (κ1) is 18.7. The number of aliphatic hydroxyl groups excluding tert-OH is 1. The van der Waals surface area contributed by atoms with E-state index in [-0.39, 0.29) is 24.5 Å². The topological polar surface area (TPSA) is 87.7 Å². The van der Waals surface area contributed by atoms with Crippen LogP contribution >= 0.6 is 0 Å². The van der Waals surface area contributed by atoms with Gasteiger partial charge in [-0.1, -0.05) is 27.7 Å². The fourth-order valence-corrected chi connectivity index (χ4v) is 1.60. The van der Waals surface area contributed by atoms with Gasteiger partial charge >= 0.3 is 6.09 Å². The molecular formula is C14H28N2O4. The van der Waals surface area contributed by atoms with E-state index in [1.807, 2.05) is 27.7 Å². The van der Waals surface area contributed by atoms with Crippen LogP contribution in [0.25, 0.3) is 0 Å². The summed E-state index contributed by atoms with van der Waals surface area (Å²) in [5, 5.41) is 14.4. The second kappa shape index (κ2) is 9.58. The lowest BCUT2D eigenvalue weighted by Crippen LogP contribution is -2.49. The minimum absolute atomic E-state index is 0.117. The highest BCUT2D eigenvalue weighted by Gasteiger charge is 2.20. The second-order valence-corrected chi connectivity index (χ2v) is 5.88. The van der Waals surface area contributed by atoms with Crippen molar-refractivity contribution >= 4 is 12.0 Å². The van der Waals surface area contributed by atoms with Crippen molar-refractivity contribution in [2.45, 2.75) is 53.1 Å². The molecule has 2 atom stereocenters. The van der Waals surface area contributed by atoms with Crippen molar-refractivity contribution in [1.82, 2.24) is 10.6 Å². The molecule has 0 radical (unpaired) electrons. The van der Waals surface area contributed by atoms with Gasteiger partial charge < -0.3 is 20.5 Å². The van der Waals surface area contributed by atoms with Crippen molar-refractivity contribution in [2.24, 2.45) is 11.8 Å². The first-order valence-electron chi connectivity index (χ1n) is 7.10. The minimum atomic E-state index is -0.698. The third kappa shape index (κ3) is 8.74. The Morgan fingerprint density at radius 1 is 1.05 bits per heavy atom. The number of amides is 2. The Kier molecular flexibility index (Phi) is 8.96. The molecule has 0 saturated carbocycles. The molecule has 118 valence electrons. The zero-order valence-electron chi connectivity index (χ0n) is 13.1. The average molecular weight is 288 g/mol. The van der Waals surface area contributed by atoms with Gasteiger partial charge in [-0.3, -0.25) is 4.79 Å². The van der Waals surface area contributed by atoms with Gasteiger partial charge in [-0.15, -0.1) is 0 Å². The molecule has 2 unspecified atom stereocenters. The van der Waals surface area contributed by atoms with Crippen LogP contribution in [-0.4, -0.2) is 42.4 Å². The summed E-state index contributed by atoms with van der Waals surface area (Å²) >= 11 is 0. The second-order valence-electron chi connectivity index (χ2n) is 5.88. The van der Waals surface area contributed by atoms with Gasteiger partial charge in [-0.2, -0.15) is 0 Å².